The lowest BCUT2D eigenvalue weighted by Crippen LogP contribution is -1.89. The maximum Gasteiger partial charge on any atom is -0.00990 e. The topological polar surface area (TPSA) is 0 Å². The molecule has 0 atom stereocenters. The molecule has 4 aromatic rings. The molecule has 4 aromatic carbocycles. The maximum atomic E-state index is 2.42. The van der Waals surface area contributed by atoms with Gasteiger partial charge in [-0.3, -0.25) is 0 Å². The first-order chi connectivity index (χ1) is 15.8. The van der Waals surface area contributed by atoms with Crippen LogP contribution in [0, 0.1) is 0 Å². The van der Waals surface area contributed by atoms with E-state index in [0.29, 0.717) is 0 Å². The highest BCUT2D eigenvalue weighted by molar-refractivity contribution is 6.17. The molecule has 0 heteroatoms. The Hall–Kier alpha value is -2.34. The monoisotopic (exact) mass is 424 g/mol. The van der Waals surface area contributed by atoms with Crippen LogP contribution >= 0.6 is 0 Å². The molecular formula is C32H40. The summed E-state index contributed by atoms with van der Waals surface area (Å²) in [6, 6.07) is 23.6. The molecule has 32 heavy (non-hydrogen) atoms. The van der Waals surface area contributed by atoms with E-state index in [0.717, 1.165) is 0 Å². The molecule has 0 aromatic heterocycles. The minimum atomic E-state index is 1.20. The molecule has 0 heterocycles. The number of rotatable bonds is 12. The zero-order valence-corrected chi connectivity index (χ0v) is 20.3. The maximum absolute atomic E-state index is 2.42. The minimum Gasteiger partial charge on any atom is -0.0654 e. The van der Waals surface area contributed by atoms with E-state index in [1.54, 1.807) is 0 Å². The van der Waals surface area contributed by atoms with Crippen LogP contribution in [0.15, 0.2) is 60.7 Å². The van der Waals surface area contributed by atoms with Gasteiger partial charge >= 0.3 is 0 Å². The summed E-state index contributed by atoms with van der Waals surface area (Å²) in [6.07, 6.45) is 15.9. The third-order valence-electron chi connectivity index (χ3n) is 7.10. The molecule has 0 aliphatic heterocycles. The lowest BCUT2D eigenvalue weighted by atomic mass is 9.94. The van der Waals surface area contributed by atoms with Crippen molar-refractivity contribution in [2.24, 2.45) is 0 Å². The molecule has 0 saturated heterocycles. The van der Waals surface area contributed by atoms with Crippen molar-refractivity contribution in [3.8, 4) is 0 Å². The lowest BCUT2D eigenvalue weighted by Gasteiger charge is -2.11. The van der Waals surface area contributed by atoms with Crippen molar-refractivity contribution in [3.63, 3.8) is 0 Å². The summed E-state index contributed by atoms with van der Waals surface area (Å²) in [5.74, 6) is 0. The number of hydrogen-bond donors (Lipinski definition) is 0. The van der Waals surface area contributed by atoms with Gasteiger partial charge in [-0.05, 0) is 69.1 Å². The first kappa shape index (κ1) is 22.8. The fraction of sp³-hybridized carbons (Fsp3) is 0.438. The Bertz CT molecular complexity index is 1060. The Kier molecular flexibility index (Phi) is 8.21. The fourth-order valence-corrected chi connectivity index (χ4v) is 5.16. The first-order valence-electron chi connectivity index (χ1n) is 13.2. The van der Waals surface area contributed by atoms with Gasteiger partial charge < -0.3 is 0 Å². The summed E-state index contributed by atoms with van der Waals surface area (Å²) >= 11 is 0. The Morgan fingerprint density at radius 3 is 1.25 bits per heavy atom. The molecule has 4 rings (SSSR count). The molecule has 0 aliphatic carbocycles. The van der Waals surface area contributed by atoms with Crippen LogP contribution in [-0.2, 0) is 12.8 Å². The second kappa shape index (κ2) is 11.5. The van der Waals surface area contributed by atoms with Crippen molar-refractivity contribution >= 4 is 32.3 Å². The molecule has 0 aliphatic rings. The van der Waals surface area contributed by atoms with Crippen molar-refractivity contribution < 1.29 is 0 Å². The summed E-state index contributed by atoms with van der Waals surface area (Å²) in [6.45, 7) is 4.57. The number of hydrogen-bond acceptors (Lipinski definition) is 0. The molecule has 0 radical (unpaired) electrons. The molecule has 0 amide bonds. The minimum absolute atomic E-state index is 1.20. The van der Waals surface area contributed by atoms with Gasteiger partial charge in [0, 0.05) is 0 Å². The van der Waals surface area contributed by atoms with Crippen LogP contribution in [0.3, 0.4) is 0 Å². The fourth-order valence-electron chi connectivity index (χ4n) is 5.16. The number of benzene rings is 4. The van der Waals surface area contributed by atoms with Crippen molar-refractivity contribution in [1.29, 1.82) is 0 Å². The van der Waals surface area contributed by atoms with Gasteiger partial charge in [-0.2, -0.15) is 0 Å². The van der Waals surface area contributed by atoms with Gasteiger partial charge in [0.1, 0.15) is 0 Å². The Morgan fingerprint density at radius 2 is 0.812 bits per heavy atom. The summed E-state index contributed by atoms with van der Waals surface area (Å²) in [5, 5.41) is 8.31. The lowest BCUT2D eigenvalue weighted by molar-refractivity contribution is 0.632. The molecule has 0 N–H and O–H groups in total. The molecule has 0 unspecified atom stereocenters. The van der Waals surface area contributed by atoms with E-state index in [1.807, 2.05) is 0 Å². The molecule has 168 valence electrons. The highest BCUT2D eigenvalue weighted by Crippen LogP contribution is 2.32. The number of aryl methyl sites for hydroxylation is 2. The smallest absolute Gasteiger partial charge is 0.00990 e. The summed E-state index contributed by atoms with van der Waals surface area (Å²) < 4.78 is 0. The molecule has 0 nitrogen and oxygen atoms in total. The van der Waals surface area contributed by atoms with Crippen LogP contribution in [0.2, 0.25) is 0 Å². The van der Waals surface area contributed by atoms with Gasteiger partial charge in [0.15, 0.2) is 0 Å². The van der Waals surface area contributed by atoms with Crippen molar-refractivity contribution in [2.75, 3.05) is 0 Å². The molecular weight excluding hydrogens is 384 g/mol. The van der Waals surface area contributed by atoms with Crippen LogP contribution in [-0.4, -0.2) is 0 Å². The SMILES string of the molecule is CCCCCCCc1ccc2c(ccc3c4ccc(CCCCCCC)cc4ccc23)c1. The van der Waals surface area contributed by atoms with Gasteiger partial charge in [-0.25, -0.2) is 0 Å². The van der Waals surface area contributed by atoms with E-state index in [1.165, 1.54) is 120 Å². The third-order valence-corrected chi connectivity index (χ3v) is 7.10. The van der Waals surface area contributed by atoms with Crippen molar-refractivity contribution in [2.45, 2.75) is 90.9 Å². The van der Waals surface area contributed by atoms with E-state index in [2.05, 4.69) is 74.5 Å². The highest BCUT2D eigenvalue weighted by Gasteiger charge is 2.07. The Morgan fingerprint density at radius 1 is 0.406 bits per heavy atom. The zero-order valence-electron chi connectivity index (χ0n) is 20.3. The number of fused-ring (bicyclic) bond motifs is 5. The van der Waals surface area contributed by atoms with E-state index >= 15 is 0 Å². The normalized spacial score (nSPS) is 11.7. The average Bonchev–Trinajstić information content (AvgIpc) is 2.83. The molecule has 0 saturated carbocycles. The number of unbranched alkanes of at least 4 members (excludes halogenated alkanes) is 8. The first-order valence-corrected chi connectivity index (χ1v) is 13.2. The summed E-state index contributed by atoms with van der Waals surface area (Å²) in [5.41, 5.74) is 2.97. The predicted octanol–water partition coefficient (Wildman–Crippen LogP) is 10.2. The highest BCUT2D eigenvalue weighted by atomic mass is 14.1. The predicted molar refractivity (Wildman–Crippen MR) is 144 cm³/mol. The van der Waals surface area contributed by atoms with Crippen LogP contribution in [0.5, 0.6) is 0 Å². The molecule has 0 bridgehead atoms. The van der Waals surface area contributed by atoms with E-state index in [-0.39, 0.29) is 0 Å². The van der Waals surface area contributed by atoms with E-state index in [4.69, 9.17) is 0 Å². The second-order valence-electron chi connectivity index (χ2n) is 9.67. The molecule has 0 spiro atoms. The second-order valence-corrected chi connectivity index (χ2v) is 9.67. The Labute approximate surface area is 195 Å². The van der Waals surface area contributed by atoms with Gasteiger partial charge in [0.2, 0.25) is 0 Å². The van der Waals surface area contributed by atoms with Crippen molar-refractivity contribution in [1.82, 2.24) is 0 Å². The van der Waals surface area contributed by atoms with Gasteiger partial charge in [-0.1, -0.05) is 126 Å². The quantitative estimate of drug-likeness (QED) is 0.157. The summed E-state index contributed by atoms with van der Waals surface area (Å²) in [7, 11) is 0. The van der Waals surface area contributed by atoms with Gasteiger partial charge in [0.05, 0.1) is 0 Å². The van der Waals surface area contributed by atoms with Crippen LogP contribution in [0.1, 0.15) is 89.2 Å². The van der Waals surface area contributed by atoms with Crippen molar-refractivity contribution in [3.05, 3.63) is 71.8 Å². The van der Waals surface area contributed by atoms with Gasteiger partial charge in [0.25, 0.3) is 0 Å². The van der Waals surface area contributed by atoms with E-state index < -0.39 is 0 Å². The summed E-state index contributed by atoms with van der Waals surface area (Å²) in [4.78, 5) is 0. The molecule has 0 fully saturated rings. The average molecular weight is 425 g/mol. The van der Waals surface area contributed by atoms with Crippen LogP contribution < -0.4 is 0 Å². The Balaban J connectivity index is 1.52. The van der Waals surface area contributed by atoms with Crippen LogP contribution in [0.4, 0.5) is 0 Å². The van der Waals surface area contributed by atoms with Gasteiger partial charge in [-0.15, -0.1) is 0 Å². The standard InChI is InChI=1S/C32H40/c1-3-5-7-9-11-13-25-15-19-29-27(23-25)17-21-32-30-20-16-26(14-12-10-8-6-4-2)24-28(30)18-22-31(29)32/h15-24H,3-14H2,1-2H3. The van der Waals surface area contributed by atoms with E-state index in [9.17, 15) is 0 Å². The third kappa shape index (κ3) is 5.52. The zero-order chi connectivity index (χ0) is 22.2. The van der Waals surface area contributed by atoms with Crippen LogP contribution in [0.25, 0.3) is 32.3 Å². The largest absolute Gasteiger partial charge is 0.0654 e.